The third kappa shape index (κ3) is 6.62. The van der Waals surface area contributed by atoms with E-state index in [1.807, 2.05) is 36.7 Å². The number of rotatable bonds is 10. The third-order valence-corrected chi connectivity index (χ3v) is 5.19. The second kappa shape index (κ2) is 10.7. The Morgan fingerprint density at radius 1 is 1.06 bits per heavy atom. The fraction of sp³-hybridized carbons (Fsp3) is 0.269. The van der Waals surface area contributed by atoms with Gasteiger partial charge in [-0.15, -0.1) is 0 Å². The first-order valence-electron chi connectivity index (χ1n) is 11.0. The molecule has 2 aromatic carbocycles. The topological polar surface area (TPSA) is 66.0 Å². The molecule has 0 amide bonds. The van der Waals surface area contributed by atoms with Crippen LogP contribution in [0.15, 0.2) is 59.5 Å². The standard InChI is InChI=1S/C26H27FN4O2/c1-19-6-9-22(25(27)15-19)10-13-26-29-23(17-33-26)16-32-24-11-7-21(8-12-24)5-3-4-14-31-18-28-20(2)30-31/h6-13,15,17-18H,3-5,14,16H2,1-2H3/b13-10+. The molecule has 0 aliphatic heterocycles. The molecular weight excluding hydrogens is 419 g/mol. The number of hydrogen-bond acceptors (Lipinski definition) is 5. The quantitative estimate of drug-likeness (QED) is 0.288. The summed E-state index contributed by atoms with van der Waals surface area (Å²) in [5.74, 6) is 1.72. The zero-order chi connectivity index (χ0) is 23.0. The van der Waals surface area contributed by atoms with Crippen LogP contribution in [-0.2, 0) is 19.6 Å². The Labute approximate surface area is 192 Å². The normalized spacial score (nSPS) is 11.4. The lowest BCUT2D eigenvalue weighted by molar-refractivity contribution is 0.301. The Bertz CT molecular complexity index is 1210. The molecule has 7 heteroatoms. The number of aromatic nitrogens is 4. The maximum absolute atomic E-state index is 13.9. The molecule has 0 atom stereocenters. The Morgan fingerprint density at radius 3 is 2.67 bits per heavy atom. The van der Waals surface area contributed by atoms with Gasteiger partial charge in [0, 0.05) is 18.2 Å². The third-order valence-electron chi connectivity index (χ3n) is 5.19. The highest BCUT2D eigenvalue weighted by Gasteiger charge is 2.04. The summed E-state index contributed by atoms with van der Waals surface area (Å²) < 4.78 is 27.1. The van der Waals surface area contributed by atoms with Crippen molar-refractivity contribution >= 4 is 12.2 Å². The Morgan fingerprint density at radius 2 is 1.91 bits per heavy atom. The molecular formula is C26H27FN4O2. The number of aryl methyl sites for hydroxylation is 4. The number of ether oxygens (including phenoxy) is 1. The van der Waals surface area contributed by atoms with Crippen molar-refractivity contribution in [2.24, 2.45) is 0 Å². The van der Waals surface area contributed by atoms with Gasteiger partial charge in [0.2, 0.25) is 5.89 Å². The first-order chi connectivity index (χ1) is 16.0. The summed E-state index contributed by atoms with van der Waals surface area (Å²) >= 11 is 0. The maximum Gasteiger partial charge on any atom is 0.218 e. The van der Waals surface area contributed by atoms with Gasteiger partial charge < -0.3 is 9.15 Å². The van der Waals surface area contributed by atoms with E-state index in [0.29, 0.717) is 23.8 Å². The predicted molar refractivity (Wildman–Crippen MR) is 125 cm³/mol. The number of benzene rings is 2. The van der Waals surface area contributed by atoms with Crippen molar-refractivity contribution in [1.29, 1.82) is 0 Å². The largest absolute Gasteiger partial charge is 0.487 e. The van der Waals surface area contributed by atoms with Gasteiger partial charge >= 0.3 is 0 Å². The molecule has 0 unspecified atom stereocenters. The highest BCUT2D eigenvalue weighted by Crippen LogP contribution is 2.17. The number of unbranched alkanes of at least 4 members (excludes halogenated alkanes) is 1. The fourth-order valence-corrected chi connectivity index (χ4v) is 3.40. The second-order valence-electron chi connectivity index (χ2n) is 7.98. The average Bonchev–Trinajstić information content (AvgIpc) is 3.44. The van der Waals surface area contributed by atoms with E-state index >= 15 is 0 Å². The van der Waals surface area contributed by atoms with E-state index in [0.717, 1.165) is 42.9 Å². The smallest absolute Gasteiger partial charge is 0.218 e. The van der Waals surface area contributed by atoms with E-state index in [9.17, 15) is 4.39 Å². The summed E-state index contributed by atoms with van der Waals surface area (Å²) in [7, 11) is 0. The molecule has 0 N–H and O–H groups in total. The molecule has 170 valence electrons. The van der Waals surface area contributed by atoms with Crippen molar-refractivity contribution in [2.45, 2.75) is 46.3 Å². The van der Waals surface area contributed by atoms with Gasteiger partial charge in [0.25, 0.3) is 0 Å². The van der Waals surface area contributed by atoms with Crippen molar-refractivity contribution in [2.75, 3.05) is 0 Å². The fourth-order valence-electron chi connectivity index (χ4n) is 3.40. The van der Waals surface area contributed by atoms with Gasteiger partial charge in [0.05, 0.1) is 0 Å². The molecule has 2 heterocycles. The van der Waals surface area contributed by atoms with E-state index in [1.165, 1.54) is 11.6 Å². The molecule has 0 aliphatic carbocycles. The molecule has 0 fully saturated rings. The van der Waals surface area contributed by atoms with E-state index in [1.54, 1.807) is 30.8 Å². The lowest BCUT2D eigenvalue weighted by atomic mass is 10.1. The van der Waals surface area contributed by atoms with E-state index in [2.05, 4.69) is 27.2 Å². The van der Waals surface area contributed by atoms with Gasteiger partial charge in [-0.05, 0) is 68.5 Å². The molecule has 0 aliphatic rings. The molecule has 0 bridgehead atoms. The van der Waals surface area contributed by atoms with Crippen molar-refractivity contribution in [3.05, 3.63) is 95.0 Å². The summed E-state index contributed by atoms with van der Waals surface area (Å²) in [5, 5.41) is 4.30. The van der Waals surface area contributed by atoms with E-state index < -0.39 is 0 Å². The van der Waals surface area contributed by atoms with E-state index in [-0.39, 0.29) is 5.82 Å². The lowest BCUT2D eigenvalue weighted by Crippen LogP contribution is -1.99. The van der Waals surface area contributed by atoms with Gasteiger partial charge in [-0.2, -0.15) is 5.10 Å². The van der Waals surface area contributed by atoms with Gasteiger partial charge in [-0.3, -0.25) is 4.68 Å². The van der Waals surface area contributed by atoms with Gasteiger partial charge in [-0.25, -0.2) is 14.4 Å². The van der Waals surface area contributed by atoms with Crippen molar-refractivity contribution in [1.82, 2.24) is 19.7 Å². The lowest BCUT2D eigenvalue weighted by Gasteiger charge is -2.06. The first-order valence-corrected chi connectivity index (χ1v) is 11.0. The molecule has 33 heavy (non-hydrogen) atoms. The van der Waals surface area contributed by atoms with Crippen molar-refractivity contribution < 1.29 is 13.5 Å². The average molecular weight is 447 g/mol. The van der Waals surface area contributed by atoms with E-state index in [4.69, 9.17) is 9.15 Å². The predicted octanol–water partition coefficient (Wildman–Crippen LogP) is 5.79. The van der Waals surface area contributed by atoms with Crippen LogP contribution in [0.5, 0.6) is 5.75 Å². The molecule has 0 saturated carbocycles. The number of hydrogen-bond donors (Lipinski definition) is 0. The summed E-state index contributed by atoms with van der Waals surface area (Å²) in [6.07, 6.45) is 9.78. The first kappa shape index (κ1) is 22.5. The molecule has 0 spiro atoms. The Balaban J connectivity index is 1.21. The summed E-state index contributed by atoms with van der Waals surface area (Å²) in [6, 6.07) is 13.2. The second-order valence-corrected chi connectivity index (χ2v) is 7.98. The molecule has 2 aromatic heterocycles. The maximum atomic E-state index is 13.9. The molecule has 4 rings (SSSR count). The highest BCUT2D eigenvalue weighted by molar-refractivity contribution is 5.66. The van der Waals surface area contributed by atoms with Crippen LogP contribution in [0, 0.1) is 19.7 Å². The minimum atomic E-state index is -0.268. The number of oxazole rings is 1. The zero-order valence-corrected chi connectivity index (χ0v) is 18.9. The van der Waals surface area contributed by atoms with Gasteiger partial charge in [-0.1, -0.05) is 24.3 Å². The zero-order valence-electron chi connectivity index (χ0n) is 18.9. The summed E-state index contributed by atoms with van der Waals surface area (Å²) in [6.45, 7) is 4.94. The van der Waals surface area contributed by atoms with Gasteiger partial charge in [0.1, 0.15) is 42.3 Å². The van der Waals surface area contributed by atoms with Crippen LogP contribution >= 0.6 is 0 Å². The van der Waals surface area contributed by atoms with Crippen molar-refractivity contribution in [3.8, 4) is 5.75 Å². The summed E-state index contributed by atoms with van der Waals surface area (Å²) in [5.41, 5.74) is 3.32. The van der Waals surface area contributed by atoms with Crippen LogP contribution in [0.1, 0.15) is 46.9 Å². The van der Waals surface area contributed by atoms with Crippen LogP contribution in [0.3, 0.4) is 0 Å². The minimum Gasteiger partial charge on any atom is -0.487 e. The monoisotopic (exact) mass is 446 g/mol. The molecule has 0 saturated heterocycles. The Kier molecular flexibility index (Phi) is 7.29. The SMILES string of the molecule is Cc1ccc(/C=C/c2nc(COc3ccc(CCCCn4cnc(C)n4)cc3)co2)c(F)c1. The summed E-state index contributed by atoms with van der Waals surface area (Å²) in [4.78, 5) is 8.51. The number of halogens is 1. The molecule has 0 radical (unpaired) electrons. The molecule has 4 aromatic rings. The highest BCUT2D eigenvalue weighted by atomic mass is 19.1. The van der Waals surface area contributed by atoms with Crippen molar-refractivity contribution in [3.63, 3.8) is 0 Å². The minimum absolute atomic E-state index is 0.268. The Hall–Kier alpha value is -3.74. The van der Waals surface area contributed by atoms with Gasteiger partial charge in [0.15, 0.2) is 0 Å². The molecule has 6 nitrogen and oxygen atoms in total. The van der Waals surface area contributed by atoms with Crippen LogP contribution in [0.4, 0.5) is 4.39 Å². The van der Waals surface area contributed by atoms with Crippen LogP contribution in [0.2, 0.25) is 0 Å². The van der Waals surface area contributed by atoms with Crippen LogP contribution in [0.25, 0.3) is 12.2 Å². The number of nitrogens with zero attached hydrogens (tertiary/aromatic N) is 4. The van der Waals surface area contributed by atoms with Crippen LogP contribution < -0.4 is 4.74 Å². The van der Waals surface area contributed by atoms with Crippen LogP contribution in [-0.4, -0.2) is 19.7 Å².